The number of nitrogens with zero attached hydrogens (tertiary/aromatic N) is 1. The van der Waals surface area contributed by atoms with Gasteiger partial charge in [0.1, 0.15) is 11.6 Å². The van der Waals surface area contributed by atoms with Gasteiger partial charge in [0.25, 0.3) is 0 Å². The van der Waals surface area contributed by atoms with E-state index in [9.17, 15) is 13.2 Å². The van der Waals surface area contributed by atoms with E-state index in [0.29, 0.717) is 10.2 Å². The molecule has 0 saturated carbocycles. The lowest BCUT2D eigenvalue weighted by molar-refractivity contribution is -0.137. The highest BCUT2D eigenvalue weighted by Gasteiger charge is 2.31. The van der Waals surface area contributed by atoms with E-state index < -0.39 is 11.7 Å². The van der Waals surface area contributed by atoms with Crippen molar-refractivity contribution in [2.45, 2.75) is 6.18 Å². The molecule has 0 spiro atoms. The van der Waals surface area contributed by atoms with E-state index in [-0.39, 0.29) is 11.6 Å². The van der Waals surface area contributed by atoms with Gasteiger partial charge in [-0.2, -0.15) is 13.2 Å². The molecule has 1 aromatic heterocycles. The van der Waals surface area contributed by atoms with E-state index >= 15 is 0 Å². The Bertz CT molecular complexity index is 616. The van der Waals surface area contributed by atoms with Gasteiger partial charge in [-0.25, -0.2) is 10.8 Å². The first-order valence-corrected chi connectivity index (χ1v) is 6.27. The minimum atomic E-state index is -4.47. The maximum absolute atomic E-state index is 12.8. The van der Waals surface area contributed by atoms with Gasteiger partial charge in [-0.3, -0.25) is 0 Å². The molecule has 0 aliphatic carbocycles. The molecule has 2 rings (SSSR count). The standard InChI is InChI=1S/C12H10BrF3N4/c13-8-3-1-2-4-9(8)18-10-5-7(12(14,15)16)6-11(19-10)20-17/h1-6H,17H2,(H2,18,19,20). The molecule has 0 amide bonds. The van der Waals surface area contributed by atoms with Crippen LogP contribution in [0.5, 0.6) is 0 Å². The summed E-state index contributed by atoms with van der Waals surface area (Å²) >= 11 is 3.29. The fourth-order valence-electron chi connectivity index (χ4n) is 1.53. The van der Waals surface area contributed by atoms with Crippen molar-refractivity contribution in [1.29, 1.82) is 0 Å². The fourth-order valence-corrected chi connectivity index (χ4v) is 1.92. The Morgan fingerprint density at radius 3 is 2.35 bits per heavy atom. The van der Waals surface area contributed by atoms with E-state index in [1.165, 1.54) is 0 Å². The van der Waals surface area contributed by atoms with Crippen molar-refractivity contribution in [1.82, 2.24) is 4.98 Å². The topological polar surface area (TPSA) is 63.0 Å². The minimum absolute atomic E-state index is 0.0414. The molecule has 0 fully saturated rings. The Kier molecular flexibility index (Phi) is 4.15. The van der Waals surface area contributed by atoms with Gasteiger partial charge in [0.05, 0.1) is 11.3 Å². The lowest BCUT2D eigenvalue weighted by Gasteiger charge is -2.13. The van der Waals surface area contributed by atoms with Crippen molar-refractivity contribution in [2.24, 2.45) is 5.84 Å². The normalized spacial score (nSPS) is 11.2. The first kappa shape index (κ1) is 14.6. The summed E-state index contributed by atoms with van der Waals surface area (Å²) in [5.41, 5.74) is 1.88. The summed E-state index contributed by atoms with van der Waals surface area (Å²) in [5.74, 6) is 5.10. The molecule has 0 unspecified atom stereocenters. The summed E-state index contributed by atoms with van der Waals surface area (Å²) in [7, 11) is 0. The van der Waals surface area contributed by atoms with Gasteiger partial charge in [0.2, 0.25) is 0 Å². The highest BCUT2D eigenvalue weighted by molar-refractivity contribution is 9.10. The van der Waals surface area contributed by atoms with Crippen molar-refractivity contribution in [2.75, 3.05) is 10.7 Å². The molecule has 2 aromatic rings. The number of pyridine rings is 1. The van der Waals surface area contributed by atoms with Crippen molar-refractivity contribution in [3.63, 3.8) is 0 Å². The maximum Gasteiger partial charge on any atom is 0.416 e. The number of benzene rings is 1. The Morgan fingerprint density at radius 1 is 1.10 bits per heavy atom. The largest absolute Gasteiger partial charge is 0.416 e. The molecule has 0 bridgehead atoms. The van der Waals surface area contributed by atoms with Crippen LogP contribution >= 0.6 is 15.9 Å². The van der Waals surface area contributed by atoms with Gasteiger partial charge < -0.3 is 10.7 Å². The van der Waals surface area contributed by atoms with Gasteiger partial charge in [0.15, 0.2) is 0 Å². The number of nitrogen functional groups attached to an aromatic ring is 1. The Labute approximate surface area is 121 Å². The number of hydrogen-bond acceptors (Lipinski definition) is 4. The molecule has 0 aliphatic heterocycles. The smallest absolute Gasteiger partial charge is 0.339 e. The van der Waals surface area contributed by atoms with E-state index in [1.54, 1.807) is 24.3 Å². The second kappa shape index (κ2) is 5.68. The van der Waals surface area contributed by atoms with Crippen LogP contribution in [0.4, 0.5) is 30.5 Å². The highest BCUT2D eigenvalue weighted by Crippen LogP contribution is 2.33. The van der Waals surface area contributed by atoms with Crippen molar-refractivity contribution < 1.29 is 13.2 Å². The summed E-state index contributed by atoms with van der Waals surface area (Å²) in [6.45, 7) is 0. The molecule has 0 aliphatic rings. The number of hydrogen-bond donors (Lipinski definition) is 3. The quantitative estimate of drug-likeness (QED) is 0.582. The van der Waals surface area contributed by atoms with Crippen LogP contribution in [-0.4, -0.2) is 4.98 Å². The van der Waals surface area contributed by atoms with Crippen molar-refractivity contribution in [3.05, 3.63) is 46.4 Å². The molecular weight excluding hydrogens is 337 g/mol. The van der Waals surface area contributed by atoms with Crippen LogP contribution in [0.3, 0.4) is 0 Å². The fraction of sp³-hybridized carbons (Fsp3) is 0.0833. The molecule has 0 radical (unpaired) electrons. The number of nitrogens with two attached hydrogens (primary N) is 1. The minimum Gasteiger partial charge on any atom is -0.339 e. The number of nitrogens with one attached hydrogen (secondary N) is 2. The molecule has 0 atom stereocenters. The van der Waals surface area contributed by atoms with Crippen LogP contribution in [0.25, 0.3) is 0 Å². The molecule has 1 aromatic carbocycles. The summed E-state index contributed by atoms with van der Waals surface area (Å²) in [6, 6.07) is 8.77. The summed E-state index contributed by atoms with van der Waals surface area (Å²) < 4.78 is 39.0. The monoisotopic (exact) mass is 346 g/mol. The van der Waals surface area contributed by atoms with E-state index in [2.05, 4.69) is 31.7 Å². The van der Waals surface area contributed by atoms with Gasteiger partial charge in [0, 0.05) is 4.47 Å². The molecule has 4 N–H and O–H groups in total. The first-order valence-electron chi connectivity index (χ1n) is 5.47. The third-order valence-corrected chi connectivity index (χ3v) is 3.13. The molecule has 4 nitrogen and oxygen atoms in total. The number of rotatable bonds is 3. The first-order chi connectivity index (χ1) is 9.40. The van der Waals surface area contributed by atoms with Crippen LogP contribution in [0.1, 0.15) is 5.56 Å². The zero-order chi connectivity index (χ0) is 14.8. The SMILES string of the molecule is NNc1cc(C(F)(F)F)cc(Nc2ccccc2Br)n1. The summed E-state index contributed by atoms with van der Waals surface area (Å²) in [6.07, 6.45) is -4.47. The lowest BCUT2D eigenvalue weighted by atomic mass is 10.2. The molecule has 106 valence electrons. The third-order valence-electron chi connectivity index (χ3n) is 2.44. The van der Waals surface area contributed by atoms with Gasteiger partial charge >= 0.3 is 6.18 Å². The Morgan fingerprint density at radius 2 is 1.75 bits per heavy atom. The predicted octanol–water partition coefficient (Wildman–Crippen LogP) is 3.89. The number of alkyl halides is 3. The average molecular weight is 347 g/mol. The number of halogens is 4. The zero-order valence-corrected chi connectivity index (χ0v) is 11.6. The molecular formula is C12H10BrF3N4. The number of anilines is 3. The molecule has 20 heavy (non-hydrogen) atoms. The highest BCUT2D eigenvalue weighted by atomic mass is 79.9. The van der Waals surface area contributed by atoms with E-state index in [4.69, 9.17) is 5.84 Å². The average Bonchev–Trinajstić information content (AvgIpc) is 2.40. The predicted molar refractivity (Wildman–Crippen MR) is 74.5 cm³/mol. The molecule has 8 heteroatoms. The maximum atomic E-state index is 12.8. The zero-order valence-electron chi connectivity index (χ0n) is 10.0. The second-order valence-electron chi connectivity index (χ2n) is 3.87. The Hall–Kier alpha value is -1.80. The number of aromatic nitrogens is 1. The van der Waals surface area contributed by atoms with Gasteiger partial charge in [-0.15, -0.1) is 0 Å². The summed E-state index contributed by atoms with van der Waals surface area (Å²) in [5, 5.41) is 2.81. The van der Waals surface area contributed by atoms with E-state index in [0.717, 1.165) is 12.1 Å². The number of hydrazine groups is 1. The van der Waals surface area contributed by atoms with Crippen LogP contribution in [-0.2, 0) is 6.18 Å². The van der Waals surface area contributed by atoms with Gasteiger partial charge in [-0.05, 0) is 40.2 Å². The van der Waals surface area contributed by atoms with E-state index in [1.807, 2.05) is 0 Å². The summed E-state index contributed by atoms with van der Waals surface area (Å²) in [4.78, 5) is 3.93. The van der Waals surface area contributed by atoms with Crippen LogP contribution in [0, 0.1) is 0 Å². The molecule has 0 saturated heterocycles. The Balaban J connectivity index is 2.39. The number of para-hydroxylation sites is 1. The van der Waals surface area contributed by atoms with Gasteiger partial charge in [-0.1, -0.05) is 12.1 Å². The van der Waals surface area contributed by atoms with Crippen LogP contribution in [0.15, 0.2) is 40.9 Å². The van der Waals surface area contributed by atoms with Crippen LogP contribution < -0.4 is 16.6 Å². The van der Waals surface area contributed by atoms with Crippen molar-refractivity contribution >= 4 is 33.3 Å². The second-order valence-corrected chi connectivity index (χ2v) is 4.73. The third kappa shape index (κ3) is 3.40. The molecule has 1 heterocycles. The lowest BCUT2D eigenvalue weighted by Crippen LogP contribution is -2.13. The van der Waals surface area contributed by atoms with Crippen molar-refractivity contribution in [3.8, 4) is 0 Å². The van der Waals surface area contributed by atoms with Crippen LogP contribution in [0.2, 0.25) is 0 Å².